The number of aryl methyl sites for hydroxylation is 1. The van der Waals surface area contributed by atoms with E-state index < -0.39 is 17.7 Å². The largest absolute Gasteiger partial charge is 0.507 e. The fourth-order valence-electron chi connectivity index (χ4n) is 4.62. The van der Waals surface area contributed by atoms with Gasteiger partial charge >= 0.3 is 0 Å². The zero-order valence-electron chi connectivity index (χ0n) is 22.3. The van der Waals surface area contributed by atoms with Crippen LogP contribution in [0.5, 0.6) is 5.75 Å². The molecular formula is C31H34N2O5. The summed E-state index contributed by atoms with van der Waals surface area (Å²) in [5, 5.41) is 11.3. The molecule has 0 radical (unpaired) electrons. The number of carbonyl (C=O) groups is 2. The van der Waals surface area contributed by atoms with Crippen molar-refractivity contribution in [3.8, 4) is 5.75 Å². The first kappa shape index (κ1) is 26.9. The van der Waals surface area contributed by atoms with Crippen LogP contribution in [0, 0.1) is 6.92 Å². The van der Waals surface area contributed by atoms with Crippen LogP contribution in [-0.4, -0.2) is 56.1 Å². The number of methoxy groups -OCH3 is 1. The van der Waals surface area contributed by atoms with Crippen LogP contribution in [0.15, 0.2) is 78.4 Å². The quantitative estimate of drug-likeness (QED) is 0.176. The van der Waals surface area contributed by atoms with Crippen LogP contribution in [0.25, 0.3) is 5.76 Å². The number of nitrogens with zero attached hydrogens (tertiary/aromatic N) is 2. The molecule has 1 heterocycles. The van der Waals surface area contributed by atoms with Crippen LogP contribution in [-0.2, 0) is 20.9 Å². The van der Waals surface area contributed by atoms with Crippen LogP contribution in [0.4, 0.5) is 5.69 Å². The molecule has 1 saturated heterocycles. The molecule has 3 aromatic carbocycles. The van der Waals surface area contributed by atoms with Crippen molar-refractivity contribution >= 4 is 23.1 Å². The van der Waals surface area contributed by atoms with Gasteiger partial charge in [0.2, 0.25) is 0 Å². The first-order valence-corrected chi connectivity index (χ1v) is 12.6. The van der Waals surface area contributed by atoms with Gasteiger partial charge in [0.1, 0.15) is 18.1 Å². The molecule has 1 aliphatic heterocycles. The Morgan fingerprint density at radius 3 is 2.34 bits per heavy atom. The predicted molar refractivity (Wildman–Crippen MR) is 148 cm³/mol. The van der Waals surface area contributed by atoms with Crippen LogP contribution in [0.1, 0.15) is 34.7 Å². The summed E-state index contributed by atoms with van der Waals surface area (Å²) in [7, 11) is 5.49. The van der Waals surface area contributed by atoms with Gasteiger partial charge in [-0.1, -0.05) is 42.0 Å². The number of anilines is 1. The van der Waals surface area contributed by atoms with Gasteiger partial charge in [0.25, 0.3) is 11.7 Å². The first-order chi connectivity index (χ1) is 18.3. The normalized spacial score (nSPS) is 16.6. The standard InChI is InChI=1S/C31H34N2O5/c1-21-7-5-8-22(19-21)20-38-26-15-11-24(12-16-26)29(34)27-28(23-9-13-25(14-10-23)32(2)3)33(17-6-18-37-4)31(36)30(27)35/h5,7-16,19,28,34H,6,17-18,20H2,1-4H3/b29-27+/t28-/m0/s1. The van der Waals surface area contributed by atoms with Crippen molar-refractivity contribution in [2.24, 2.45) is 0 Å². The summed E-state index contributed by atoms with van der Waals surface area (Å²) in [6, 6.07) is 22.0. The van der Waals surface area contributed by atoms with Crippen LogP contribution in [0.2, 0.25) is 0 Å². The number of aliphatic hydroxyl groups excluding tert-OH is 1. The third kappa shape index (κ3) is 5.89. The second-order valence-corrected chi connectivity index (χ2v) is 9.63. The smallest absolute Gasteiger partial charge is 0.295 e. The van der Waals surface area contributed by atoms with Gasteiger partial charge in [-0.05, 0) is 60.9 Å². The third-order valence-electron chi connectivity index (χ3n) is 6.63. The summed E-state index contributed by atoms with van der Waals surface area (Å²) in [4.78, 5) is 29.8. The van der Waals surface area contributed by atoms with Gasteiger partial charge in [-0.3, -0.25) is 9.59 Å². The summed E-state index contributed by atoms with van der Waals surface area (Å²) in [5.41, 5.74) is 4.50. The Bertz CT molecular complexity index is 1310. The Labute approximate surface area is 223 Å². The highest BCUT2D eigenvalue weighted by molar-refractivity contribution is 6.46. The summed E-state index contributed by atoms with van der Waals surface area (Å²) < 4.78 is 11.0. The number of aliphatic hydroxyl groups is 1. The lowest BCUT2D eigenvalue weighted by Crippen LogP contribution is -2.31. The molecule has 1 fully saturated rings. The number of hydrogen-bond donors (Lipinski definition) is 1. The number of likely N-dealkylation sites (tertiary alicyclic amines) is 1. The number of amides is 1. The number of hydrogen-bond acceptors (Lipinski definition) is 6. The van der Waals surface area contributed by atoms with Crippen molar-refractivity contribution in [1.82, 2.24) is 4.90 Å². The molecule has 0 unspecified atom stereocenters. The van der Waals surface area contributed by atoms with Gasteiger partial charge in [0.05, 0.1) is 11.6 Å². The molecule has 7 nitrogen and oxygen atoms in total. The van der Waals surface area contributed by atoms with Gasteiger partial charge < -0.3 is 24.4 Å². The zero-order valence-corrected chi connectivity index (χ0v) is 22.3. The van der Waals surface area contributed by atoms with E-state index in [1.54, 1.807) is 31.4 Å². The minimum absolute atomic E-state index is 0.0819. The second kappa shape index (κ2) is 12.0. The maximum Gasteiger partial charge on any atom is 0.295 e. The Morgan fingerprint density at radius 2 is 1.71 bits per heavy atom. The Morgan fingerprint density at radius 1 is 1.00 bits per heavy atom. The SMILES string of the molecule is COCCCN1C(=O)C(=O)/C(=C(/O)c2ccc(OCc3cccc(C)c3)cc2)[C@@H]1c1ccc(N(C)C)cc1. The minimum Gasteiger partial charge on any atom is -0.507 e. The lowest BCUT2D eigenvalue weighted by Gasteiger charge is -2.26. The van der Waals surface area contributed by atoms with Crippen molar-refractivity contribution in [2.75, 3.05) is 39.3 Å². The van der Waals surface area contributed by atoms with Crippen molar-refractivity contribution in [1.29, 1.82) is 0 Å². The van der Waals surface area contributed by atoms with Crippen LogP contribution < -0.4 is 9.64 Å². The molecule has 1 amide bonds. The summed E-state index contributed by atoms with van der Waals surface area (Å²) in [5.74, 6) is -0.882. The van der Waals surface area contributed by atoms with Crippen LogP contribution >= 0.6 is 0 Å². The average molecular weight is 515 g/mol. The molecule has 4 rings (SSSR count). The zero-order chi connectivity index (χ0) is 27.2. The molecular weight excluding hydrogens is 480 g/mol. The molecule has 0 spiro atoms. The molecule has 7 heteroatoms. The highest BCUT2D eigenvalue weighted by Gasteiger charge is 2.45. The van der Waals surface area contributed by atoms with Crippen molar-refractivity contribution in [3.63, 3.8) is 0 Å². The Kier molecular flexibility index (Phi) is 8.48. The molecule has 1 aliphatic rings. The number of rotatable bonds is 10. The number of ketones is 1. The molecule has 198 valence electrons. The summed E-state index contributed by atoms with van der Waals surface area (Å²) >= 11 is 0. The molecule has 3 aromatic rings. The van der Waals surface area contributed by atoms with Crippen molar-refractivity contribution in [3.05, 3.63) is 101 Å². The topological polar surface area (TPSA) is 79.3 Å². The maximum atomic E-state index is 13.2. The predicted octanol–water partition coefficient (Wildman–Crippen LogP) is 5.10. The van der Waals surface area contributed by atoms with E-state index in [9.17, 15) is 14.7 Å². The lowest BCUT2D eigenvalue weighted by molar-refractivity contribution is -0.140. The second-order valence-electron chi connectivity index (χ2n) is 9.63. The van der Waals surface area contributed by atoms with Crippen molar-refractivity contribution < 1.29 is 24.2 Å². The number of benzene rings is 3. The highest BCUT2D eigenvalue weighted by Crippen LogP contribution is 2.40. The van der Waals surface area contributed by atoms with Gasteiger partial charge in [-0.15, -0.1) is 0 Å². The Hall–Kier alpha value is -4.10. The van der Waals surface area contributed by atoms with E-state index in [4.69, 9.17) is 9.47 Å². The summed E-state index contributed by atoms with van der Waals surface area (Å²) in [6.07, 6.45) is 0.572. The lowest BCUT2D eigenvalue weighted by atomic mass is 9.95. The fourth-order valence-corrected chi connectivity index (χ4v) is 4.62. The Balaban J connectivity index is 1.64. The van der Waals surface area contributed by atoms with E-state index in [1.165, 1.54) is 4.90 Å². The van der Waals surface area contributed by atoms with Gasteiger partial charge in [-0.25, -0.2) is 0 Å². The van der Waals surface area contributed by atoms with Gasteiger partial charge in [0, 0.05) is 45.6 Å². The van der Waals surface area contributed by atoms with E-state index in [0.29, 0.717) is 37.5 Å². The monoisotopic (exact) mass is 514 g/mol. The average Bonchev–Trinajstić information content (AvgIpc) is 3.17. The fraction of sp³-hybridized carbons (Fsp3) is 0.290. The van der Waals surface area contributed by atoms with E-state index in [-0.39, 0.29) is 11.3 Å². The molecule has 0 bridgehead atoms. The number of Topliss-reactive ketones (excluding diaryl/α,β-unsaturated/α-hetero) is 1. The maximum absolute atomic E-state index is 13.2. The molecule has 1 atom stereocenters. The van der Waals surface area contributed by atoms with Gasteiger partial charge in [0.15, 0.2) is 0 Å². The number of ether oxygens (including phenoxy) is 2. The van der Waals surface area contributed by atoms with E-state index in [1.807, 2.05) is 68.4 Å². The summed E-state index contributed by atoms with van der Waals surface area (Å²) in [6.45, 7) is 3.25. The molecule has 0 saturated carbocycles. The molecule has 0 aliphatic carbocycles. The van der Waals surface area contributed by atoms with Crippen molar-refractivity contribution in [2.45, 2.75) is 26.0 Å². The van der Waals surface area contributed by atoms with E-state index in [2.05, 4.69) is 6.07 Å². The number of carbonyl (C=O) groups excluding carboxylic acids is 2. The molecule has 0 aromatic heterocycles. The van der Waals surface area contributed by atoms with E-state index >= 15 is 0 Å². The first-order valence-electron chi connectivity index (χ1n) is 12.6. The van der Waals surface area contributed by atoms with Crippen LogP contribution in [0.3, 0.4) is 0 Å². The van der Waals surface area contributed by atoms with Gasteiger partial charge in [-0.2, -0.15) is 0 Å². The van der Waals surface area contributed by atoms with E-state index in [0.717, 1.165) is 22.4 Å². The third-order valence-corrected chi connectivity index (χ3v) is 6.63. The molecule has 38 heavy (non-hydrogen) atoms. The molecule has 1 N–H and O–H groups in total. The minimum atomic E-state index is -0.694. The highest BCUT2D eigenvalue weighted by atomic mass is 16.5.